The van der Waals surface area contributed by atoms with Gasteiger partial charge in [0.25, 0.3) is 5.91 Å². The zero-order chi connectivity index (χ0) is 21.1. The zero-order valence-electron chi connectivity index (χ0n) is 16.5. The predicted octanol–water partition coefficient (Wildman–Crippen LogP) is 3.15. The number of anilines is 1. The van der Waals surface area contributed by atoms with Crippen LogP contribution in [-0.4, -0.2) is 40.0 Å². The Morgan fingerprint density at radius 3 is 2.77 bits per heavy atom. The number of aryl methyl sites for hydroxylation is 1. The van der Waals surface area contributed by atoms with E-state index >= 15 is 0 Å². The summed E-state index contributed by atoms with van der Waals surface area (Å²) in [6, 6.07) is 13.9. The highest BCUT2D eigenvalue weighted by Crippen LogP contribution is 2.34. The van der Waals surface area contributed by atoms with Gasteiger partial charge < -0.3 is 20.5 Å². The molecule has 7 nitrogen and oxygen atoms in total. The topological polar surface area (TPSA) is 88.4 Å². The molecular formula is C22H23ClN4O3. The van der Waals surface area contributed by atoms with Gasteiger partial charge in [0.1, 0.15) is 11.9 Å². The second-order valence-corrected chi connectivity index (χ2v) is 7.66. The van der Waals surface area contributed by atoms with E-state index < -0.39 is 12.0 Å². The normalized spacial score (nSPS) is 17.0. The Morgan fingerprint density at radius 2 is 2.10 bits per heavy atom. The lowest BCUT2D eigenvalue weighted by Crippen LogP contribution is -2.21. The summed E-state index contributed by atoms with van der Waals surface area (Å²) in [5, 5.41) is 21.2. The van der Waals surface area contributed by atoms with E-state index in [-0.39, 0.29) is 6.10 Å². The monoisotopic (exact) mass is 426 g/mol. The van der Waals surface area contributed by atoms with Crippen molar-refractivity contribution >= 4 is 23.2 Å². The maximum absolute atomic E-state index is 12.6. The summed E-state index contributed by atoms with van der Waals surface area (Å²) >= 11 is 5.88. The molecule has 2 aromatic carbocycles. The van der Waals surface area contributed by atoms with Crippen molar-refractivity contribution in [3.05, 3.63) is 65.3 Å². The van der Waals surface area contributed by atoms with Crippen molar-refractivity contribution in [2.45, 2.75) is 18.6 Å². The molecule has 3 aromatic rings. The standard InChI is InChI=1S/C22H23ClN4O3/c1-27-19(9-11-25-27)18-12-16(6-7-20(18)30-17-8-10-24-13-17)26-22(29)21(28)14-2-4-15(23)5-3-14/h2-7,9,11-12,17,21,24,28H,8,10,13H2,1H3,(H,26,29)/t17-,21?/m1/s1. The van der Waals surface area contributed by atoms with Gasteiger partial charge in [0.2, 0.25) is 0 Å². The van der Waals surface area contributed by atoms with Crippen molar-refractivity contribution in [3.63, 3.8) is 0 Å². The van der Waals surface area contributed by atoms with Crippen LogP contribution >= 0.6 is 11.6 Å². The summed E-state index contributed by atoms with van der Waals surface area (Å²) in [5.74, 6) is 0.200. The number of aromatic nitrogens is 2. The van der Waals surface area contributed by atoms with Gasteiger partial charge in [0.15, 0.2) is 6.10 Å². The van der Waals surface area contributed by atoms with Crippen LogP contribution < -0.4 is 15.4 Å². The minimum absolute atomic E-state index is 0.101. The van der Waals surface area contributed by atoms with Crippen LogP contribution in [0.4, 0.5) is 5.69 Å². The quantitative estimate of drug-likeness (QED) is 0.563. The van der Waals surface area contributed by atoms with E-state index in [1.54, 1.807) is 41.2 Å². The van der Waals surface area contributed by atoms with Crippen LogP contribution in [0.2, 0.25) is 5.02 Å². The summed E-state index contributed by atoms with van der Waals surface area (Å²) in [6.07, 6.45) is 1.45. The smallest absolute Gasteiger partial charge is 0.257 e. The largest absolute Gasteiger partial charge is 0.488 e. The Labute approximate surface area is 179 Å². The molecule has 0 spiro atoms. The Kier molecular flexibility index (Phi) is 6.03. The number of amides is 1. The lowest BCUT2D eigenvalue weighted by atomic mass is 10.1. The highest BCUT2D eigenvalue weighted by molar-refractivity contribution is 6.30. The Bertz CT molecular complexity index is 1030. The second-order valence-electron chi connectivity index (χ2n) is 7.23. The van der Waals surface area contributed by atoms with E-state index in [1.807, 2.05) is 25.2 Å². The van der Waals surface area contributed by atoms with Crippen LogP contribution in [-0.2, 0) is 11.8 Å². The molecule has 4 rings (SSSR count). The maximum atomic E-state index is 12.6. The number of carbonyl (C=O) groups excluding carboxylic acids is 1. The molecular weight excluding hydrogens is 404 g/mol. The molecule has 1 aliphatic rings. The van der Waals surface area contributed by atoms with Gasteiger partial charge in [-0.1, -0.05) is 23.7 Å². The van der Waals surface area contributed by atoms with Crippen LogP contribution in [0.1, 0.15) is 18.1 Å². The second kappa shape index (κ2) is 8.87. The van der Waals surface area contributed by atoms with Crippen molar-refractivity contribution in [2.24, 2.45) is 7.05 Å². The summed E-state index contributed by atoms with van der Waals surface area (Å²) < 4.78 is 7.95. The van der Waals surface area contributed by atoms with Crippen LogP contribution in [0, 0.1) is 0 Å². The van der Waals surface area contributed by atoms with Crippen molar-refractivity contribution in [2.75, 3.05) is 18.4 Å². The van der Waals surface area contributed by atoms with Crippen LogP contribution in [0.5, 0.6) is 5.75 Å². The highest BCUT2D eigenvalue weighted by Gasteiger charge is 2.21. The van der Waals surface area contributed by atoms with Crippen LogP contribution in [0.25, 0.3) is 11.3 Å². The molecule has 1 saturated heterocycles. The third-order valence-corrected chi connectivity index (χ3v) is 5.34. The molecule has 2 atom stereocenters. The molecule has 30 heavy (non-hydrogen) atoms. The summed E-state index contributed by atoms with van der Waals surface area (Å²) in [6.45, 7) is 1.74. The third-order valence-electron chi connectivity index (χ3n) is 5.09. The van der Waals surface area contributed by atoms with Crippen LogP contribution in [0.3, 0.4) is 0 Å². The van der Waals surface area contributed by atoms with E-state index in [4.69, 9.17) is 16.3 Å². The van der Waals surface area contributed by atoms with E-state index in [2.05, 4.69) is 15.7 Å². The fraction of sp³-hybridized carbons (Fsp3) is 0.273. The maximum Gasteiger partial charge on any atom is 0.257 e. The fourth-order valence-electron chi connectivity index (χ4n) is 3.46. The zero-order valence-corrected chi connectivity index (χ0v) is 17.3. The molecule has 156 valence electrons. The van der Waals surface area contributed by atoms with Gasteiger partial charge >= 0.3 is 0 Å². The van der Waals surface area contributed by atoms with Crippen LogP contribution in [0.15, 0.2) is 54.7 Å². The molecule has 2 heterocycles. The van der Waals surface area contributed by atoms with Crippen molar-refractivity contribution in [1.29, 1.82) is 0 Å². The number of aliphatic hydroxyl groups excluding tert-OH is 1. The SMILES string of the molecule is Cn1nccc1-c1cc(NC(=O)C(O)c2ccc(Cl)cc2)ccc1O[C@@H]1CCNC1. The predicted molar refractivity (Wildman–Crippen MR) is 116 cm³/mol. The van der Waals surface area contributed by atoms with Gasteiger partial charge in [0.05, 0.1) is 5.69 Å². The van der Waals surface area contributed by atoms with Gasteiger partial charge in [-0.15, -0.1) is 0 Å². The molecule has 1 unspecified atom stereocenters. The lowest BCUT2D eigenvalue weighted by molar-refractivity contribution is -0.124. The number of ether oxygens (including phenoxy) is 1. The number of halogens is 1. The van der Waals surface area contributed by atoms with Gasteiger partial charge in [-0.3, -0.25) is 9.48 Å². The number of aliphatic hydroxyl groups is 1. The average Bonchev–Trinajstić information content (AvgIpc) is 3.41. The molecule has 1 amide bonds. The average molecular weight is 427 g/mol. The van der Waals surface area contributed by atoms with E-state index in [9.17, 15) is 9.90 Å². The minimum Gasteiger partial charge on any atom is -0.488 e. The first-order valence-corrected chi connectivity index (χ1v) is 10.1. The Hall–Kier alpha value is -2.87. The van der Waals surface area contributed by atoms with Gasteiger partial charge in [-0.05, 0) is 54.9 Å². The summed E-state index contributed by atoms with van der Waals surface area (Å²) in [7, 11) is 1.85. The molecule has 1 aliphatic heterocycles. The molecule has 1 aromatic heterocycles. The number of rotatable bonds is 6. The first-order valence-electron chi connectivity index (χ1n) is 9.75. The summed E-state index contributed by atoms with van der Waals surface area (Å²) in [4.78, 5) is 12.6. The number of nitrogens with zero attached hydrogens (tertiary/aromatic N) is 2. The van der Waals surface area contributed by atoms with Crippen molar-refractivity contribution in [3.8, 4) is 17.0 Å². The highest BCUT2D eigenvalue weighted by atomic mass is 35.5. The number of hydrogen-bond acceptors (Lipinski definition) is 5. The molecule has 0 saturated carbocycles. The first-order chi connectivity index (χ1) is 14.5. The number of benzene rings is 2. The molecule has 0 bridgehead atoms. The lowest BCUT2D eigenvalue weighted by Gasteiger charge is -2.18. The molecule has 1 fully saturated rings. The van der Waals surface area contributed by atoms with Gasteiger partial charge in [0, 0.05) is 36.1 Å². The minimum atomic E-state index is -1.30. The molecule has 3 N–H and O–H groups in total. The number of carbonyl (C=O) groups is 1. The molecule has 0 aliphatic carbocycles. The molecule has 8 heteroatoms. The fourth-order valence-corrected chi connectivity index (χ4v) is 3.59. The Morgan fingerprint density at radius 1 is 1.30 bits per heavy atom. The number of hydrogen-bond donors (Lipinski definition) is 3. The third kappa shape index (κ3) is 4.48. The number of nitrogens with one attached hydrogen (secondary N) is 2. The van der Waals surface area contributed by atoms with Crippen molar-refractivity contribution in [1.82, 2.24) is 15.1 Å². The first kappa shape index (κ1) is 20.4. The van der Waals surface area contributed by atoms with E-state index in [1.165, 1.54) is 0 Å². The molecule has 0 radical (unpaired) electrons. The van der Waals surface area contributed by atoms with Crippen molar-refractivity contribution < 1.29 is 14.6 Å². The van der Waals surface area contributed by atoms with Gasteiger partial charge in [-0.2, -0.15) is 5.10 Å². The summed E-state index contributed by atoms with van der Waals surface area (Å²) in [5.41, 5.74) is 2.71. The van der Waals surface area contributed by atoms with E-state index in [0.29, 0.717) is 16.3 Å². The van der Waals surface area contributed by atoms with Gasteiger partial charge in [-0.25, -0.2) is 0 Å². The van der Waals surface area contributed by atoms with E-state index in [0.717, 1.165) is 36.5 Å². The Balaban J connectivity index is 1.58.